The number of pyridine rings is 1. The third-order valence-electron chi connectivity index (χ3n) is 11.5. The van der Waals surface area contributed by atoms with E-state index in [0.29, 0.717) is 13.1 Å². The molecule has 3 unspecified atom stereocenters. The van der Waals surface area contributed by atoms with E-state index in [2.05, 4.69) is 79.4 Å². The van der Waals surface area contributed by atoms with Crippen molar-refractivity contribution in [2.75, 3.05) is 27.2 Å². The molecule has 0 radical (unpaired) electrons. The number of ether oxygens (including phenoxy) is 1. The molecule has 340 valence electrons. The van der Waals surface area contributed by atoms with E-state index in [-0.39, 0.29) is 29.8 Å². The molecule has 65 heavy (non-hydrogen) atoms. The first kappa shape index (κ1) is 47.5. The largest absolute Gasteiger partial charge is 0.453 e. The minimum atomic E-state index is -0.690. The standard InChI is InChI=1S/C47H51N9O4.C2H4O.C2H6/c1-28(2)41(55-47(59)60-4)46(58)56-24-10-13-39(56)44-53-37-22-16-30-25-31(15-19-34(30)43(37)54-44)35-20-17-32-26-33(18-21-36(32)51-35)38-27-50-40(52-38)14-8-9-23-49-45(57)42(48-3)29-11-6-5-7-12-29;1-2-3;1-2/h5-7,11-12,15-22,25-28,39,41-42,48H,8-10,13-14,23-24H2,1-4H3,(H,49,57)(H,50,52)(H,53,54)(H,55,59);2H,1H3;1-2H3. The minimum absolute atomic E-state index is 0.0255. The number of carbonyl (C=O) groups excluding carboxylic acids is 4. The second-order valence-corrected chi connectivity index (χ2v) is 16.0. The summed E-state index contributed by atoms with van der Waals surface area (Å²) in [6.45, 7) is 10.5. The lowest BCUT2D eigenvalue weighted by atomic mass is 10.0. The van der Waals surface area contributed by atoms with Gasteiger partial charge in [0.1, 0.15) is 30.0 Å². The van der Waals surface area contributed by atoms with Crippen molar-refractivity contribution in [3.05, 3.63) is 114 Å². The zero-order valence-corrected chi connectivity index (χ0v) is 38.4. The number of likely N-dealkylation sites (N-methyl/N-ethyl adjacent to an activating group) is 1. The monoisotopic (exact) mass is 879 g/mol. The van der Waals surface area contributed by atoms with Gasteiger partial charge in [-0.1, -0.05) is 88.4 Å². The number of hydrogen-bond donors (Lipinski definition) is 5. The summed E-state index contributed by atoms with van der Waals surface area (Å²) in [5.74, 6) is 1.40. The highest BCUT2D eigenvalue weighted by atomic mass is 16.5. The van der Waals surface area contributed by atoms with Gasteiger partial charge in [-0.3, -0.25) is 9.59 Å². The summed E-state index contributed by atoms with van der Waals surface area (Å²) >= 11 is 0. The maximum Gasteiger partial charge on any atom is 0.407 e. The topological polar surface area (TPSA) is 187 Å². The van der Waals surface area contributed by atoms with Crippen LogP contribution in [-0.4, -0.2) is 87.3 Å². The zero-order chi connectivity index (χ0) is 46.5. The van der Waals surface area contributed by atoms with Gasteiger partial charge in [0.2, 0.25) is 11.8 Å². The fourth-order valence-electron chi connectivity index (χ4n) is 8.25. The van der Waals surface area contributed by atoms with Gasteiger partial charge in [0, 0.05) is 41.4 Å². The molecule has 0 spiro atoms. The van der Waals surface area contributed by atoms with Crippen molar-refractivity contribution in [2.45, 2.75) is 84.8 Å². The van der Waals surface area contributed by atoms with E-state index in [0.717, 1.165) is 111 Å². The molecule has 3 atom stereocenters. The van der Waals surface area contributed by atoms with Gasteiger partial charge >= 0.3 is 6.09 Å². The lowest BCUT2D eigenvalue weighted by Gasteiger charge is -2.29. The quantitative estimate of drug-likeness (QED) is 0.0525. The number of nitrogens with zero attached hydrogens (tertiary/aromatic N) is 4. The van der Waals surface area contributed by atoms with Crippen LogP contribution in [0.3, 0.4) is 0 Å². The number of hydrogen-bond acceptors (Lipinski definition) is 9. The number of aryl methyl sites for hydroxylation is 1. The number of unbranched alkanes of at least 4 members (excludes halogenated alkanes) is 1. The highest BCUT2D eigenvalue weighted by Gasteiger charge is 2.37. The molecule has 14 heteroatoms. The molecule has 8 rings (SSSR count). The lowest BCUT2D eigenvalue weighted by molar-refractivity contribution is -0.135. The summed E-state index contributed by atoms with van der Waals surface area (Å²) in [4.78, 5) is 70.8. The smallest absolute Gasteiger partial charge is 0.407 e. The Kier molecular flexibility index (Phi) is 16.5. The van der Waals surface area contributed by atoms with E-state index < -0.39 is 12.1 Å². The van der Waals surface area contributed by atoms with Crippen LogP contribution in [0, 0.1) is 5.92 Å². The average molecular weight is 880 g/mol. The predicted octanol–water partition coefficient (Wildman–Crippen LogP) is 9.00. The summed E-state index contributed by atoms with van der Waals surface area (Å²) in [6.07, 6.45) is 6.18. The first-order valence-corrected chi connectivity index (χ1v) is 22.5. The number of rotatable bonds is 14. The lowest BCUT2D eigenvalue weighted by Crippen LogP contribution is -2.51. The van der Waals surface area contributed by atoms with E-state index in [1.165, 1.54) is 14.0 Å². The van der Waals surface area contributed by atoms with E-state index in [4.69, 9.17) is 19.5 Å². The molecule has 4 heterocycles. The van der Waals surface area contributed by atoms with Crippen molar-refractivity contribution in [3.63, 3.8) is 0 Å². The highest BCUT2D eigenvalue weighted by molar-refractivity contribution is 6.05. The molecule has 3 aromatic heterocycles. The van der Waals surface area contributed by atoms with E-state index >= 15 is 0 Å². The number of nitrogens with one attached hydrogen (secondary N) is 5. The summed E-state index contributed by atoms with van der Waals surface area (Å²) in [7, 11) is 3.10. The van der Waals surface area contributed by atoms with Gasteiger partial charge in [-0.2, -0.15) is 0 Å². The molecule has 0 bridgehead atoms. The van der Waals surface area contributed by atoms with E-state index in [1.807, 2.05) is 81.3 Å². The molecule has 14 nitrogen and oxygen atoms in total. The van der Waals surface area contributed by atoms with Crippen LogP contribution in [0.15, 0.2) is 97.2 Å². The van der Waals surface area contributed by atoms with Gasteiger partial charge in [-0.05, 0) is 86.9 Å². The number of likely N-dealkylation sites (tertiary alicyclic amines) is 1. The van der Waals surface area contributed by atoms with Crippen molar-refractivity contribution in [2.24, 2.45) is 5.92 Å². The van der Waals surface area contributed by atoms with Crippen molar-refractivity contribution >= 4 is 56.9 Å². The number of fused-ring (bicyclic) bond motifs is 4. The number of H-pyrrole nitrogens is 2. The third-order valence-corrected chi connectivity index (χ3v) is 11.5. The average Bonchev–Trinajstić information content (AvgIpc) is 4.12. The van der Waals surface area contributed by atoms with E-state index in [9.17, 15) is 14.4 Å². The van der Waals surface area contributed by atoms with Gasteiger partial charge in [0.25, 0.3) is 0 Å². The fraction of sp³-hybridized carbons (Fsp3) is 0.353. The van der Waals surface area contributed by atoms with Crippen LogP contribution in [0.5, 0.6) is 0 Å². The number of aldehydes is 1. The fourth-order valence-corrected chi connectivity index (χ4v) is 8.25. The predicted molar refractivity (Wildman–Crippen MR) is 257 cm³/mol. The second-order valence-electron chi connectivity index (χ2n) is 16.0. The maximum atomic E-state index is 13.7. The summed E-state index contributed by atoms with van der Waals surface area (Å²) in [5.41, 5.74) is 7.48. The van der Waals surface area contributed by atoms with Crippen LogP contribution >= 0.6 is 0 Å². The SMILES string of the molecule is CC.CC=O.CNC(C(=O)NCCCCc1ncc(-c2ccc3nc(-c4ccc5c(ccc6[nH]c(C7CCCN7C(=O)C(NC(=O)OC)C(C)C)nc65)c4)ccc3c2)[nH]1)c1ccccc1. The Bertz CT molecular complexity index is 2710. The molecule has 5 N–H and O–H groups in total. The number of methoxy groups -OCH3 is 1. The third kappa shape index (κ3) is 11.2. The van der Waals surface area contributed by atoms with Crippen molar-refractivity contribution < 1.29 is 23.9 Å². The molecule has 1 fully saturated rings. The Hall–Kier alpha value is -6.93. The molecule has 1 saturated heterocycles. The molecule has 1 aliphatic rings. The number of aromatic nitrogens is 5. The van der Waals surface area contributed by atoms with Crippen molar-refractivity contribution in [3.8, 4) is 22.5 Å². The molecule has 1 aliphatic heterocycles. The molecule has 3 amide bonds. The van der Waals surface area contributed by atoms with Gasteiger partial charge in [-0.15, -0.1) is 0 Å². The normalized spacial score (nSPS) is 14.3. The number of benzene rings is 4. The molecular weight excluding hydrogens is 819 g/mol. The van der Waals surface area contributed by atoms with Gasteiger partial charge in [0.15, 0.2) is 0 Å². The number of amides is 3. The van der Waals surface area contributed by atoms with Crippen LogP contribution in [0.2, 0.25) is 0 Å². The molecule has 0 aliphatic carbocycles. The van der Waals surface area contributed by atoms with Crippen LogP contribution < -0.4 is 16.0 Å². The number of alkyl carbamates (subject to hydrolysis) is 1. The van der Waals surface area contributed by atoms with E-state index in [1.54, 1.807) is 7.05 Å². The van der Waals surface area contributed by atoms with Crippen LogP contribution in [0.4, 0.5) is 4.79 Å². The van der Waals surface area contributed by atoms with Gasteiger partial charge < -0.3 is 40.3 Å². The minimum Gasteiger partial charge on any atom is -0.453 e. The Morgan fingerprint density at radius 1 is 0.908 bits per heavy atom. The first-order valence-electron chi connectivity index (χ1n) is 22.5. The van der Waals surface area contributed by atoms with Crippen molar-refractivity contribution in [1.82, 2.24) is 45.8 Å². The Morgan fingerprint density at radius 2 is 1.65 bits per heavy atom. The number of carbonyl (C=O) groups is 4. The summed E-state index contributed by atoms with van der Waals surface area (Å²) in [5, 5.41) is 12.0. The second kappa shape index (κ2) is 22.6. The van der Waals surface area contributed by atoms with Gasteiger partial charge in [0.05, 0.1) is 47.3 Å². The highest BCUT2D eigenvalue weighted by Crippen LogP contribution is 2.35. The summed E-state index contributed by atoms with van der Waals surface area (Å²) < 4.78 is 4.79. The Labute approximate surface area is 380 Å². The van der Waals surface area contributed by atoms with Crippen LogP contribution in [0.25, 0.3) is 55.2 Å². The van der Waals surface area contributed by atoms with Gasteiger partial charge in [-0.25, -0.2) is 19.7 Å². The zero-order valence-electron chi connectivity index (χ0n) is 38.4. The first-order chi connectivity index (χ1) is 31.6. The summed E-state index contributed by atoms with van der Waals surface area (Å²) in [6, 6.07) is 29.3. The Morgan fingerprint density at radius 3 is 2.38 bits per heavy atom. The molecule has 4 aromatic carbocycles. The number of imidazole rings is 2. The Balaban J connectivity index is 0.00000134. The maximum absolute atomic E-state index is 13.7. The molecule has 0 saturated carbocycles. The molecular formula is C51H61N9O5. The van der Waals surface area contributed by atoms with Crippen LogP contribution in [-0.2, 0) is 25.5 Å². The van der Waals surface area contributed by atoms with Crippen LogP contribution in [0.1, 0.15) is 89.6 Å². The van der Waals surface area contributed by atoms with Crippen molar-refractivity contribution in [1.29, 1.82) is 0 Å². The molecule has 7 aromatic rings. The number of aromatic amines is 2.